The molecular formula is C23H23N5O. The Morgan fingerprint density at radius 1 is 1.00 bits per heavy atom. The van der Waals surface area contributed by atoms with Crippen LogP contribution in [0.15, 0.2) is 71.7 Å². The van der Waals surface area contributed by atoms with Crippen LogP contribution in [0.5, 0.6) is 0 Å². The summed E-state index contributed by atoms with van der Waals surface area (Å²) in [5.41, 5.74) is 4.54. The number of hydrogen-bond donors (Lipinski definition) is 1. The average molecular weight is 385 g/mol. The van der Waals surface area contributed by atoms with Crippen LogP contribution >= 0.6 is 0 Å². The second kappa shape index (κ2) is 7.64. The van der Waals surface area contributed by atoms with Crippen LogP contribution < -0.4 is 10.9 Å². The first-order valence-electron chi connectivity index (χ1n) is 10.1. The van der Waals surface area contributed by atoms with Gasteiger partial charge in [-0.15, -0.1) is 0 Å². The lowest BCUT2D eigenvalue weighted by molar-refractivity contribution is 0.320. The van der Waals surface area contributed by atoms with Gasteiger partial charge < -0.3 is 5.32 Å². The lowest BCUT2D eigenvalue weighted by Gasteiger charge is -2.22. The lowest BCUT2D eigenvalue weighted by Crippen LogP contribution is -2.35. The molecule has 0 spiro atoms. The molecule has 1 aromatic carbocycles. The van der Waals surface area contributed by atoms with E-state index in [0.717, 1.165) is 54.0 Å². The monoisotopic (exact) mass is 385 g/mol. The number of nitrogens with one attached hydrogen (secondary N) is 1. The maximum atomic E-state index is 12.5. The zero-order valence-electron chi connectivity index (χ0n) is 16.2. The van der Waals surface area contributed by atoms with Crippen molar-refractivity contribution < 1.29 is 0 Å². The molecule has 5 rings (SSSR count). The molecule has 0 amide bonds. The smallest absolute Gasteiger partial charge is 0.266 e. The average Bonchev–Trinajstić information content (AvgIpc) is 3.16. The molecule has 6 heteroatoms. The molecule has 0 radical (unpaired) electrons. The molecule has 4 heterocycles. The molecule has 1 aliphatic heterocycles. The number of nitrogens with zero attached hydrogens (tertiary/aromatic N) is 4. The molecule has 29 heavy (non-hydrogen) atoms. The zero-order valence-corrected chi connectivity index (χ0v) is 16.2. The number of pyridine rings is 1. The van der Waals surface area contributed by atoms with Crippen molar-refractivity contribution in [3.05, 3.63) is 77.2 Å². The molecule has 1 aliphatic rings. The standard InChI is InChI=1S/C23H23N5O/c29-21-12-11-19(25-28(21)16-17-7-6-13-24-15-17)22-20-10-4-5-14-27(20)26-23(22)18-8-2-1-3-9-18/h1-5,8-12,14,17,24H,6-7,13,15-16H2. The van der Waals surface area contributed by atoms with E-state index in [9.17, 15) is 4.79 Å². The fourth-order valence-corrected chi connectivity index (χ4v) is 4.09. The van der Waals surface area contributed by atoms with E-state index < -0.39 is 0 Å². The summed E-state index contributed by atoms with van der Waals surface area (Å²) in [7, 11) is 0. The molecule has 0 saturated carbocycles. The molecule has 0 bridgehead atoms. The van der Waals surface area contributed by atoms with Gasteiger partial charge in [0.05, 0.1) is 16.8 Å². The maximum absolute atomic E-state index is 12.5. The summed E-state index contributed by atoms with van der Waals surface area (Å²) in [6, 6.07) is 19.5. The van der Waals surface area contributed by atoms with Crippen LogP contribution in [0.2, 0.25) is 0 Å². The highest BCUT2D eigenvalue weighted by atomic mass is 16.1. The number of piperidine rings is 1. The van der Waals surface area contributed by atoms with Gasteiger partial charge in [0.15, 0.2) is 0 Å². The minimum atomic E-state index is -0.0583. The third kappa shape index (κ3) is 3.47. The number of rotatable bonds is 4. The Balaban J connectivity index is 1.64. The SMILES string of the molecule is O=c1ccc(-c2c(-c3ccccc3)nn3ccccc23)nn1CC1CCCNC1. The van der Waals surface area contributed by atoms with Crippen molar-refractivity contribution in [2.75, 3.05) is 13.1 Å². The van der Waals surface area contributed by atoms with Crippen LogP contribution in [-0.4, -0.2) is 32.5 Å². The second-order valence-corrected chi connectivity index (χ2v) is 7.57. The van der Waals surface area contributed by atoms with Gasteiger partial charge in [-0.1, -0.05) is 36.4 Å². The molecule has 1 atom stereocenters. The summed E-state index contributed by atoms with van der Waals surface area (Å²) < 4.78 is 3.49. The maximum Gasteiger partial charge on any atom is 0.266 e. The predicted octanol–water partition coefficient (Wildman–Crippen LogP) is 3.22. The van der Waals surface area contributed by atoms with E-state index in [-0.39, 0.29) is 5.56 Å². The van der Waals surface area contributed by atoms with Gasteiger partial charge in [-0.05, 0) is 50.0 Å². The van der Waals surface area contributed by atoms with Crippen LogP contribution in [-0.2, 0) is 6.54 Å². The van der Waals surface area contributed by atoms with Gasteiger partial charge in [-0.3, -0.25) is 4.79 Å². The van der Waals surface area contributed by atoms with Crippen LogP contribution in [0, 0.1) is 5.92 Å². The molecule has 4 aromatic rings. The van der Waals surface area contributed by atoms with Crippen molar-refractivity contribution >= 4 is 5.52 Å². The first-order chi connectivity index (χ1) is 14.3. The van der Waals surface area contributed by atoms with Gasteiger partial charge in [-0.2, -0.15) is 10.2 Å². The van der Waals surface area contributed by atoms with Gasteiger partial charge in [0.2, 0.25) is 0 Å². The van der Waals surface area contributed by atoms with E-state index in [2.05, 4.69) is 17.4 Å². The van der Waals surface area contributed by atoms with Crippen LogP contribution in [0.1, 0.15) is 12.8 Å². The van der Waals surface area contributed by atoms with E-state index in [4.69, 9.17) is 10.2 Å². The largest absolute Gasteiger partial charge is 0.316 e. The zero-order chi connectivity index (χ0) is 19.6. The molecule has 1 unspecified atom stereocenters. The summed E-state index contributed by atoms with van der Waals surface area (Å²) in [6.45, 7) is 2.63. The Morgan fingerprint density at radius 3 is 2.69 bits per heavy atom. The summed E-state index contributed by atoms with van der Waals surface area (Å²) in [5, 5.41) is 13.0. The van der Waals surface area contributed by atoms with E-state index in [0.29, 0.717) is 12.5 Å². The van der Waals surface area contributed by atoms with Crippen molar-refractivity contribution in [3.8, 4) is 22.5 Å². The highest BCUT2D eigenvalue weighted by molar-refractivity contribution is 5.90. The highest BCUT2D eigenvalue weighted by Gasteiger charge is 2.19. The molecule has 1 N–H and O–H groups in total. The van der Waals surface area contributed by atoms with Crippen molar-refractivity contribution in [3.63, 3.8) is 0 Å². The summed E-state index contributed by atoms with van der Waals surface area (Å²) >= 11 is 0. The Morgan fingerprint density at radius 2 is 1.86 bits per heavy atom. The molecule has 1 saturated heterocycles. The Bertz CT molecular complexity index is 1190. The molecule has 146 valence electrons. The fraction of sp³-hybridized carbons (Fsp3) is 0.261. The Hall–Kier alpha value is -3.25. The van der Waals surface area contributed by atoms with Crippen molar-refractivity contribution in [2.45, 2.75) is 19.4 Å². The molecule has 1 fully saturated rings. The van der Waals surface area contributed by atoms with Gasteiger partial charge in [-0.25, -0.2) is 9.20 Å². The van der Waals surface area contributed by atoms with E-state index >= 15 is 0 Å². The van der Waals surface area contributed by atoms with Crippen LogP contribution in [0.4, 0.5) is 0 Å². The first-order valence-corrected chi connectivity index (χ1v) is 10.1. The molecule has 6 nitrogen and oxygen atoms in total. The third-order valence-electron chi connectivity index (χ3n) is 5.54. The van der Waals surface area contributed by atoms with Gasteiger partial charge in [0.25, 0.3) is 5.56 Å². The Labute approximate surface area is 168 Å². The first kappa shape index (κ1) is 17.8. The van der Waals surface area contributed by atoms with Crippen LogP contribution in [0.3, 0.4) is 0 Å². The van der Waals surface area contributed by atoms with Crippen LogP contribution in [0.25, 0.3) is 28.0 Å². The molecule has 3 aromatic heterocycles. The summed E-state index contributed by atoms with van der Waals surface area (Å²) in [5.74, 6) is 0.432. The quantitative estimate of drug-likeness (QED) is 0.586. The normalized spacial score (nSPS) is 16.9. The fourth-order valence-electron chi connectivity index (χ4n) is 4.09. The molecular weight excluding hydrogens is 362 g/mol. The lowest BCUT2D eigenvalue weighted by atomic mass is 10.00. The number of fused-ring (bicyclic) bond motifs is 1. The van der Waals surface area contributed by atoms with Gasteiger partial charge >= 0.3 is 0 Å². The van der Waals surface area contributed by atoms with Crippen molar-refractivity contribution in [1.29, 1.82) is 0 Å². The highest BCUT2D eigenvalue weighted by Crippen LogP contribution is 2.33. The van der Waals surface area contributed by atoms with Crippen molar-refractivity contribution in [1.82, 2.24) is 24.7 Å². The number of aromatic nitrogens is 4. The topological polar surface area (TPSA) is 64.2 Å². The van der Waals surface area contributed by atoms with Crippen molar-refractivity contribution in [2.24, 2.45) is 5.92 Å². The minimum Gasteiger partial charge on any atom is -0.316 e. The summed E-state index contributed by atoms with van der Waals surface area (Å²) in [6.07, 6.45) is 4.21. The number of benzene rings is 1. The summed E-state index contributed by atoms with van der Waals surface area (Å²) in [4.78, 5) is 12.5. The number of hydrogen-bond acceptors (Lipinski definition) is 4. The second-order valence-electron chi connectivity index (χ2n) is 7.57. The van der Waals surface area contributed by atoms with E-state index in [1.807, 2.05) is 53.2 Å². The van der Waals surface area contributed by atoms with E-state index in [1.165, 1.54) is 0 Å². The molecule has 0 aliphatic carbocycles. The van der Waals surface area contributed by atoms with E-state index in [1.54, 1.807) is 10.7 Å². The van der Waals surface area contributed by atoms with Gasteiger partial charge in [0, 0.05) is 24.4 Å². The predicted molar refractivity (Wildman–Crippen MR) is 114 cm³/mol. The Kier molecular flexibility index (Phi) is 4.69. The minimum absolute atomic E-state index is 0.0583. The van der Waals surface area contributed by atoms with Gasteiger partial charge in [0.1, 0.15) is 5.69 Å². The third-order valence-corrected chi connectivity index (χ3v) is 5.54.